The maximum atomic E-state index is 13.8. The van der Waals surface area contributed by atoms with Crippen molar-refractivity contribution >= 4 is 29.4 Å². The van der Waals surface area contributed by atoms with E-state index >= 15 is 0 Å². The molecule has 280 valence electrons. The number of carbonyl (C=O) groups is 3. The summed E-state index contributed by atoms with van der Waals surface area (Å²) in [5.41, 5.74) is 3.83. The molecular formula is C39H50N10O4. The van der Waals surface area contributed by atoms with Gasteiger partial charge >= 0.3 is 6.09 Å². The van der Waals surface area contributed by atoms with Crippen LogP contribution in [-0.2, 0) is 20.7 Å². The standard InChI is InChI=1S/C39H50N10O4/c1-39(2,3)53-38(52)41-25-27-7-11-30(12-8-27)36(50)43-33(37(51)42-32-15-13-29(14-16-32)35-44-46-47-45-35)23-26-5-9-28(10-6-26)31-17-18-40-34(24-31)49-21-19-48(4)20-22-49/h5-6,9-10,13-18,24,27,30,33H,7-8,11-12,19-23,25H2,1-4H3,(H,41,52)(H,42,51)(H,43,50)(H,44,45,46,47)/t27?,30?,33-/m0/s1. The Bertz CT molecular complexity index is 1810. The van der Waals surface area contributed by atoms with Crippen LogP contribution in [0.2, 0.25) is 0 Å². The molecule has 0 spiro atoms. The lowest BCUT2D eigenvalue weighted by Gasteiger charge is -2.33. The molecule has 2 aromatic carbocycles. The summed E-state index contributed by atoms with van der Waals surface area (Å²) < 4.78 is 5.36. The molecule has 3 amide bonds. The molecule has 0 radical (unpaired) electrons. The molecule has 4 N–H and O–H groups in total. The number of aromatic nitrogens is 5. The Kier molecular flexibility index (Phi) is 12.0. The summed E-state index contributed by atoms with van der Waals surface area (Å²) in [6.07, 6.45) is 4.68. The highest BCUT2D eigenvalue weighted by atomic mass is 16.6. The number of ether oxygens (including phenoxy) is 1. The van der Waals surface area contributed by atoms with E-state index in [1.807, 2.05) is 45.2 Å². The van der Waals surface area contributed by atoms with Gasteiger partial charge in [-0.25, -0.2) is 9.78 Å². The van der Waals surface area contributed by atoms with Crippen LogP contribution in [0, 0.1) is 11.8 Å². The van der Waals surface area contributed by atoms with Crippen molar-refractivity contribution in [1.29, 1.82) is 0 Å². The monoisotopic (exact) mass is 722 g/mol. The summed E-state index contributed by atoms with van der Waals surface area (Å²) in [5, 5.41) is 23.0. The van der Waals surface area contributed by atoms with E-state index in [2.05, 4.69) is 76.6 Å². The van der Waals surface area contributed by atoms with E-state index in [4.69, 9.17) is 4.74 Å². The molecule has 1 saturated carbocycles. The van der Waals surface area contributed by atoms with E-state index in [0.717, 1.165) is 67.1 Å². The van der Waals surface area contributed by atoms with Crippen LogP contribution in [0.25, 0.3) is 22.5 Å². The Labute approximate surface area is 310 Å². The first-order valence-electron chi connectivity index (χ1n) is 18.4. The predicted octanol–water partition coefficient (Wildman–Crippen LogP) is 4.68. The Morgan fingerprint density at radius 2 is 1.60 bits per heavy atom. The van der Waals surface area contributed by atoms with Crippen LogP contribution in [0.15, 0.2) is 66.9 Å². The van der Waals surface area contributed by atoms with Crippen molar-refractivity contribution in [2.45, 2.75) is 64.5 Å². The minimum atomic E-state index is -0.804. The number of hydrogen-bond acceptors (Lipinski definition) is 10. The van der Waals surface area contributed by atoms with Crippen molar-refractivity contribution in [2.75, 3.05) is 50.0 Å². The predicted molar refractivity (Wildman–Crippen MR) is 203 cm³/mol. The van der Waals surface area contributed by atoms with Crippen molar-refractivity contribution in [3.63, 3.8) is 0 Å². The van der Waals surface area contributed by atoms with Crippen molar-refractivity contribution in [3.8, 4) is 22.5 Å². The number of alkyl carbamates (subject to hydrolysis) is 1. The molecule has 2 fully saturated rings. The smallest absolute Gasteiger partial charge is 0.407 e. The lowest BCUT2D eigenvalue weighted by Crippen LogP contribution is -2.48. The largest absolute Gasteiger partial charge is 0.444 e. The van der Waals surface area contributed by atoms with Crippen LogP contribution in [0.3, 0.4) is 0 Å². The summed E-state index contributed by atoms with van der Waals surface area (Å²) in [7, 11) is 2.14. The molecule has 1 aliphatic carbocycles. The van der Waals surface area contributed by atoms with Crippen LogP contribution in [-0.4, -0.2) is 99.8 Å². The van der Waals surface area contributed by atoms with Crippen molar-refractivity contribution < 1.29 is 19.1 Å². The molecule has 1 saturated heterocycles. The average molecular weight is 723 g/mol. The Hall–Kier alpha value is -5.37. The normalized spacial score (nSPS) is 18.5. The number of pyridine rings is 1. The van der Waals surface area contributed by atoms with E-state index in [0.29, 0.717) is 37.3 Å². The van der Waals surface area contributed by atoms with E-state index in [1.54, 1.807) is 24.3 Å². The minimum Gasteiger partial charge on any atom is -0.444 e. The fourth-order valence-electron chi connectivity index (χ4n) is 6.76. The van der Waals surface area contributed by atoms with E-state index < -0.39 is 17.7 Å². The number of benzene rings is 2. The van der Waals surface area contributed by atoms with Gasteiger partial charge in [-0.3, -0.25) is 9.59 Å². The highest BCUT2D eigenvalue weighted by Crippen LogP contribution is 2.29. The number of anilines is 2. The van der Waals surface area contributed by atoms with Crippen LogP contribution in [0.4, 0.5) is 16.3 Å². The molecule has 1 aliphatic heterocycles. The summed E-state index contributed by atoms with van der Waals surface area (Å²) in [6, 6.07) is 18.6. The highest BCUT2D eigenvalue weighted by Gasteiger charge is 2.30. The Morgan fingerprint density at radius 1 is 0.906 bits per heavy atom. The third kappa shape index (κ3) is 10.6. The van der Waals surface area contributed by atoms with Crippen LogP contribution in [0.1, 0.15) is 52.0 Å². The Balaban J connectivity index is 1.10. The van der Waals surface area contributed by atoms with Crippen LogP contribution < -0.4 is 20.9 Å². The number of hydrogen-bond donors (Lipinski definition) is 4. The number of nitrogens with one attached hydrogen (secondary N) is 4. The third-order valence-corrected chi connectivity index (χ3v) is 9.84. The van der Waals surface area contributed by atoms with Crippen molar-refractivity contribution in [1.82, 2.24) is 41.1 Å². The van der Waals surface area contributed by atoms with Crippen molar-refractivity contribution in [3.05, 3.63) is 72.4 Å². The topological polar surface area (TPSA) is 170 Å². The number of carbonyl (C=O) groups excluding carboxylic acids is 3. The van der Waals surface area contributed by atoms with Gasteiger partial charge < -0.3 is 30.5 Å². The number of rotatable bonds is 11. The van der Waals surface area contributed by atoms with E-state index in [9.17, 15) is 14.4 Å². The maximum Gasteiger partial charge on any atom is 0.407 e. The van der Waals surface area contributed by atoms with Gasteiger partial charge in [0.2, 0.25) is 17.6 Å². The minimum absolute atomic E-state index is 0.138. The lowest BCUT2D eigenvalue weighted by atomic mass is 9.81. The molecule has 14 nitrogen and oxygen atoms in total. The number of tetrazole rings is 1. The number of amides is 3. The van der Waals surface area contributed by atoms with E-state index in [1.165, 1.54) is 0 Å². The Morgan fingerprint density at radius 3 is 2.26 bits per heavy atom. The zero-order valence-electron chi connectivity index (χ0n) is 31.0. The molecule has 4 aromatic rings. The third-order valence-electron chi connectivity index (χ3n) is 9.84. The van der Waals surface area contributed by atoms with Crippen LogP contribution >= 0.6 is 0 Å². The number of piperazine rings is 1. The number of likely N-dealkylation sites (N-methyl/N-ethyl adjacent to an activating group) is 1. The molecule has 2 aromatic heterocycles. The molecule has 3 heterocycles. The fourth-order valence-corrected chi connectivity index (χ4v) is 6.76. The molecule has 0 bridgehead atoms. The molecule has 53 heavy (non-hydrogen) atoms. The number of nitrogens with zero attached hydrogens (tertiary/aromatic N) is 6. The van der Waals surface area contributed by atoms with Crippen LogP contribution in [0.5, 0.6) is 0 Å². The first-order valence-corrected chi connectivity index (χ1v) is 18.4. The summed E-state index contributed by atoms with van der Waals surface area (Å²) in [6.45, 7) is 9.90. The molecule has 6 rings (SSSR count). The zero-order chi connectivity index (χ0) is 37.4. The lowest BCUT2D eigenvalue weighted by molar-refractivity contribution is -0.130. The second-order valence-corrected chi connectivity index (χ2v) is 15.1. The number of H-pyrrole nitrogens is 1. The second-order valence-electron chi connectivity index (χ2n) is 15.1. The first kappa shape index (κ1) is 37.4. The molecule has 0 unspecified atom stereocenters. The van der Waals surface area contributed by atoms with Gasteiger partial charge in [0, 0.05) is 62.5 Å². The van der Waals surface area contributed by atoms with Gasteiger partial charge in [-0.2, -0.15) is 5.21 Å². The van der Waals surface area contributed by atoms with Gasteiger partial charge in [-0.1, -0.05) is 24.3 Å². The maximum absolute atomic E-state index is 13.8. The fraction of sp³-hybridized carbons (Fsp3) is 0.462. The first-order chi connectivity index (χ1) is 25.5. The van der Waals surface area contributed by atoms with Crippen molar-refractivity contribution in [2.24, 2.45) is 11.8 Å². The van der Waals surface area contributed by atoms with Gasteiger partial charge in [0.05, 0.1) is 0 Å². The van der Waals surface area contributed by atoms with E-state index in [-0.39, 0.29) is 23.7 Å². The average Bonchev–Trinajstić information content (AvgIpc) is 3.70. The van der Waals surface area contributed by atoms with Gasteiger partial charge in [-0.05, 0) is 118 Å². The van der Waals surface area contributed by atoms with Gasteiger partial charge in [0.1, 0.15) is 17.5 Å². The molecule has 2 aliphatic rings. The molecular weight excluding hydrogens is 672 g/mol. The molecule has 14 heteroatoms. The number of aromatic amines is 1. The summed E-state index contributed by atoms with van der Waals surface area (Å²) in [5.74, 6) is 1.02. The van der Waals surface area contributed by atoms with Gasteiger partial charge in [0.15, 0.2) is 0 Å². The van der Waals surface area contributed by atoms with Gasteiger partial charge in [-0.15, -0.1) is 10.2 Å². The quantitative estimate of drug-likeness (QED) is 0.171. The molecule has 1 atom stereocenters. The SMILES string of the molecule is CN1CCN(c2cc(-c3ccc(C[C@H](NC(=O)C4CCC(CNC(=O)OC(C)(C)C)CC4)C(=O)Nc4ccc(-c5nn[nH]n5)cc4)cc3)ccn2)CC1. The summed E-state index contributed by atoms with van der Waals surface area (Å²) in [4.78, 5) is 48.9. The summed E-state index contributed by atoms with van der Waals surface area (Å²) >= 11 is 0. The highest BCUT2D eigenvalue weighted by molar-refractivity contribution is 5.97. The second kappa shape index (κ2) is 17.0. The van der Waals surface area contributed by atoms with Gasteiger partial charge in [0.25, 0.3) is 0 Å². The zero-order valence-corrected chi connectivity index (χ0v) is 31.0.